The minimum Gasteiger partial charge on any atom is -0.308 e. The molecule has 4 aromatic heterocycles. The molecule has 4 heterocycles. The molecule has 0 aliphatic carbocycles. The average Bonchev–Trinajstić information content (AvgIpc) is 3.78. The molecule has 1 nitrogen and oxygen atoms in total. The molecule has 0 saturated heterocycles. The average molecular weight is 606 g/mol. The van der Waals surface area contributed by atoms with E-state index in [-0.39, 0.29) is 0 Å². The molecule has 0 fully saturated rings. The first-order valence-corrected chi connectivity index (χ1v) is 17.0. The van der Waals surface area contributed by atoms with Gasteiger partial charge >= 0.3 is 0 Å². The first-order chi connectivity index (χ1) is 22.3. The third kappa shape index (κ3) is 3.11. The van der Waals surface area contributed by atoms with Crippen LogP contribution in [0.2, 0.25) is 0 Å². The monoisotopic (exact) mass is 605 g/mol. The van der Waals surface area contributed by atoms with Crippen LogP contribution >= 0.6 is 22.7 Å². The second-order valence-corrected chi connectivity index (χ2v) is 14.2. The Morgan fingerprint density at radius 3 is 1.89 bits per heavy atom. The predicted molar refractivity (Wildman–Crippen MR) is 199 cm³/mol. The lowest BCUT2D eigenvalue weighted by atomic mass is 9.99. The van der Waals surface area contributed by atoms with E-state index in [4.69, 9.17) is 0 Å². The summed E-state index contributed by atoms with van der Waals surface area (Å²) < 4.78 is 7.91. The van der Waals surface area contributed by atoms with Gasteiger partial charge in [0.25, 0.3) is 0 Å². The molecule has 0 spiro atoms. The van der Waals surface area contributed by atoms with Crippen molar-refractivity contribution in [2.45, 2.75) is 0 Å². The number of thiophene rings is 2. The molecule has 208 valence electrons. The molecule has 0 aliphatic rings. The standard InChI is InChI=1S/C42H23NS2/c1-2-10-27-26(9-1)29-13-7-19-37-39(29)40-35(17-8-20-38(40)44-37)43-34-22-21-24(23-33(34)31-15-6-14-30(27)41(31)43)25-12-5-16-32-28-11-3-4-18-36(28)45-42(25)32/h1-23H. The lowest BCUT2D eigenvalue weighted by molar-refractivity contribution is 1.36. The highest BCUT2D eigenvalue weighted by molar-refractivity contribution is 7.26. The van der Waals surface area contributed by atoms with Crippen molar-refractivity contribution in [2.24, 2.45) is 0 Å². The molecule has 11 rings (SSSR count). The molecule has 3 heteroatoms. The first-order valence-electron chi connectivity index (χ1n) is 15.4. The summed E-state index contributed by atoms with van der Waals surface area (Å²) in [5.41, 5.74) is 6.34. The molecule has 0 bridgehead atoms. The molecular weight excluding hydrogens is 583 g/mol. The fraction of sp³-hybridized carbons (Fsp3) is 0. The van der Waals surface area contributed by atoms with Gasteiger partial charge in [0.15, 0.2) is 0 Å². The Labute approximate surface area is 265 Å². The van der Waals surface area contributed by atoms with Crippen LogP contribution in [0, 0.1) is 0 Å². The van der Waals surface area contributed by atoms with Crippen molar-refractivity contribution in [1.29, 1.82) is 0 Å². The van der Waals surface area contributed by atoms with E-state index in [2.05, 4.69) is 144 Å². The molecule has 0 radical (unpaired) electrons. The number of hydrogen-bond donors (Lipinski definition) is 0. The van der Waals surface area contributed by atoms with Crippen molar-refractivity contribution in [3.63, 3.8) is 0 Å². The molecule has 0 atom stereocenters. The molecule has 7 aromatic carbocycles. The van der Waals surface area contributed by atoms with Gasteiger partial charge in [0.1, 0.15) is 0 Å². The fourth-order valence-corrected chi connectivity index (χ4v) is 10.3. The van der Waals surface area contributed by atoms with Gasteiger partial charge in [-0.1, -0.05) is 103 Å². The van der Waals surface area contributed by atoms with Crippen LogP contribution in [-0.2, 0) is 0 Å². The van der Waals surface area contributed by atoms with Gasteiger partial charge in [0.05, 0.1) is 16.6 Å². The molecule has 0 N–H and O–H groups in total. The van der Waals surface area contributed by atoms with Gasteiger partial charge < -0.3 is 4.40 Å². The lowest BCUT2D eigenvalue weighted by Gasteiger charge is -2.06. The van der Waals surface area contributed by atoms with E-state index in [1.165, 1.54) is 100 Å². The second-order valence-electron chi connectivity index (χ2n) is 12.0. The zero-order chi connectivity index (χ0) is 29.2. The largest absolute Gasteiger partial charge is 0.308 e. The van der Waals surface area contributed by atoms with E-state index in [0.717, 1.165) is 0 Å². The van der Waals surface area contributed by atoms with Gasteiger partial charge in [-0.3, -0.25) is 0 Å². The van der Waals surface area contributed by atoms with E-state index in [9.17, 15) is 0 Å². The van der Waals surface area contributed by atoms with Crippen molar-refractivity contribution < 1.29 is 0 Å². The summed E-state index contributed by atoms with van der Waals surface area (Å²) in [5, 5.41) is 13.1. The van der Waals surface area contributed by atoms with Gasteiger partial charge in [0.2, 0.25) is 0 Å². The smallest absolute Gasteiger partial charge is 0.0619 e. The van der Waals surface area contributed by atoms with Gasteiger partial charge in [-0.15, -0.1) is 22.7 Å². The van der Waals surface area contributed by atoms with Crippen LogP contribution in [0.15, 0.2) is 140 Å². The van der Waals surface area contributed by atoms with Crippen molar-refractivity contribution in [3.8, 4) is 11.1 Å². The van der Waals surface area contributed by atoms with E-state index in [1.807, 2.05) is 22.7 Å². The Morgan fingerprint density at radius 1 is 0.378 bits per heavy atom. The zero-order valence-electron chi connectivity index (χ0n) is 24.0. The van der Waals surface area contributed by atoms with E-state index in [0.29, 0.717) is 0 Å². The van der Waals surface area contributed by atoms with Crippen LogP contribution in [-0.4, -0.2) is 4.40 Å². The molecule has 0 saturated carbocycles. The minimum atomic E-state index is 1.24. The van der Waals surface area contributed by atoms with Crippen LogP contribution in [0.4, 0.5) is 0 Å². The summed E-state index contributed by atoms with van der Waals surface area (Å²) >= 11 is 3.80. The van der Waals surface area contributed by atoms with Gasteiger partial charge in [-0.2, -0.15) is 0 Å². The SMILES string of the molecule is c1ccc2c(c1)sc1c(-c3ccc4c(c3)c3cccc5c6ccccc6c6cccc7sc8cccc(c8c76)n4c53)cccc12. The molecular formula is C42H23NS2. The van der Waals surface area contributed by atoms with Crippen molar-refractivity contribution in [1.82, 2.24) is 4.40 Å². The van der Waals surface area contributed by atoms with E-state index < -0.39 is 0 Å². The van der Waals surface area contributed by atoms with Crippen LogP contribution in [0.5, 0.6) is 0 Å². The highest BCUT2D eigenvalue weighted by atomic mass is 32.1. The minimum absolute atomic E-state index is 1.24. The van der Waals surface area contributed by atoms with Crippen molar-refractivity contribution in [3.05, 3.63) is 140 Å². The van der Waals surface area contributed by atoms with Crippen LogP contribution in [0.3, 0.4) is 0 Å². The normalized spacial score (nSPS) is 12.4. The van der Waals surface area contributed by atoms with E-state index in [1.54, 1.807) is 0 Å². The Morgan fingerprint density at radius 2 is 1.00 bits per heavy atom. The maximum atomic E-state index is 2.55. The fourth-order valence-electron chi connectivity index (χ4n) is 7.89. The Balaban J connectivity index is 1.38. The molecule has 0 aliphatic heterocycles. The number of aromatic nitrogens is 1. The topological polar surface area (TPSA) is 4.41 Å². The maximum absolute atomic E-state index is 2.55. The lowest BCUT2D eigenvalue weighted by Crippen LogP contribution is -1.86. The Hall–Kier alpha value is -5.22. The molecule has 45 heavy (non-hydrogen) atoms. The third-order valence-electron chi connectivity index (χ3n) is 9.75. The van der Waals surface area contributed by atoms with Crippen molar-refractivity contribution in [2.75, 3.05) is 0 Å². The number of para-hydroxylation sites is 1. The number of hydrogen-bond acceptors (Lipinski definition) is 2. The number of benzene rings is 7. The quantitative estimate of drug-likeness (QED) is 0.175. The third-order valence-corrected chi connectivity index (χ3v) is 12.1. The number of fused-ring (bicyclic) bond motifs is 10. The van der Waals surface area contributed by atoms with Crippen LogP contribution < -0.4 is 0 Å². The van der Waals surface area contributed by atoms with Crippen LogP contribution in [0.25, 0.3) is 100 Å². The van der Waals surface area contributed by atoms with Gasteiger partial charge in [-0.05, 0) is 63.7 Å². The Kier molecular flexibility index (Phi) is 4.67. The summed E-state index contributed by atoms with van der Waals surface area (Å²) in [6, 6.07) is 52.2. The summed E-state index contributed by atoms with van der Waals surface area (Å²) in [6.07, 6.45) is 0. The molecule has 0 amide bonds. The van der Waals surface area contributed by atoms with E-state index >= 15 is 0 Å². The number of nitrogens with zero attached hydrogens (tertiary/aromatic N) is 1. The molecule has 0 unspecified atom stereocenters. The predicted octanol–water partition coefficient (Wildman–Crippen LogP) is 13.0. The summed E-state index contributed by atoms with van der Waals surface area (Å²) in [6.45, 7) is 0. The summed E-state index contributed by atoms with van der Waals surface area (Å²) in [4.78, 5) is 0. The highest BCUT2D eigenvalue weighted by Crippen LogP contribution is 2.45. The summed E-state index contributed by atoms with van der Waals surface area (Å²) in [5.74, 6) is 0. The second kappa shape index (κ2) is 8.70. The van der Waals surface area contributed by atoms with Crippen molar-refractivity contribution >= 4 is 112 Å². The summed E-state index contributed by atoms with van der Waals surface area (Å²) in [7, 11) is 0. The number of rotatable bonds is 1. The van der Waals surface area contributed by atoms with Gasteiger partial charge in [0, 0.05) is 56.5 Å². The highest BCUT2D eigenvalue weighted by Gasteiger charge is 2.19. The Bertz CT molecular complexity index is 3040. The van der Waals surface area contributed by atoms with Gasteiger partial charge in [-0.25, -0.2) is 0 Å². The first kappa shape index (κ1) is 24.1. The maximum Gasteiger partial charge on any atom is 0.0619 e. The molecule has 11 aromatic rings. The van der Waals surface area contributed by atoms with Crippen LogP contribution in [0.1, 0.15) is 0 Å². The zero-order valence-corrected chi connectivity index (χ0v) is 25.7.